The molecule has 2 aromatic rings. The van der Waals surface area contributed by atoms with Crippen LogP contribution in [0.5, 0.6) is 0 Å². The lowest BCUT2D eigenvalue weighted by atomic mass is 9.68. The van der Waals surface area contributed by atoms with E-state index in [1.54, 1.807) is 0 Å². The molecule has 2 bridgehead atoms. The maximum absolute atomic E-state index is 12.4. The minimum absolute atomic E-state index is 0.0449. The molecule has 2 fully saturated rings. The molecule has 1 aromatic carbocycles. The summed E-state index contributed by atoms with van der Waals surface area (Å²) in [4.78, 5) is 16.2. The van der Waals surface area contributed by atoms with Crippen molar-refractivity contribution in [3.63, 3.8) is 0 Å². The molecular formula is C18H20N2OS2. The standard InChI is InChI=1S/C18H20N2OS2/c1-2-10-12-9-14(21)20-16(10)15-11-5-3-4-6-13(11)19-17(15)18(12)22-7-8-23-18/h3-6,10,12,16,19H,2,7-9H2,1H3,(H,20,21)/t10-,12-,16+/m0/s1. The van der Waals surface area contributed by atoms with E-state index in [0.717, 1.165) is 6.42 Å². The Morgan fingerprint density at radius 3 is 2.83 bits per heavy atom. The number of benzene rings is 1. The number of carbonyl (C=O) groups excluding carboxylic acids is 1. The number of thioether (sulfide) groups is 2. The normalized spacial score (nSPS) is 31.3. The molecule has 5 heteroatoms. The Bertz CT molecular complexity index is 793. The highest BCUT2D eigenvalue weighted by molar-refractivity contribution is 8.20. The largest absolute Gasteiger partial charge is 0.356 e. The van der Waals surface area contributed by atoms with Crippen LogP contribution >= 0.6 is 23.5 Å². The first-order valence-electron chi connectivity index (χ1n) is 8.43. The van der Waals surface area contributed by atoms with E-state index in [0.29, 0.717) is 18.3 Å². The van der Waals surface area contributed by atoms with Gasteiger partial charge in [-0.15, -0.1) is 23.5 Å². The van der Waals surface area contributed by atoms with E-state index < -0.39 is 0 Å². The number of aromatic nitrogens is 1. The number of H-pyrrole nitrogens is 1. The van der Waals surface area contributed by atoms with Gasteiger partial charge in [0.15, 0.2) is 0 Å². The van der Waals surface area contributed by atoms with E-state index >= 15 is 0 Å². The second-order valence-corrected chi connectivity index (χ2v) is 9.69. The van der Waals surface area contributed by atoms with Crippen molar-refractivity contribution in [1.29, 1.82) is 0 Å². The third-order valence-corrected chi connectivity index (χ3v) is 9.40. The van der Waals surface area contributed by atoms with E-state index in [9.17, 15) is 4.79 Å². The molecule has 0 radical (unpaired) electrons. The average molecular weight is 345 g/mol. The van der Waals surface area contributed by atoms with Gasteiger partial charge in [0, 0.05) is 46.0 Å². The minimum Gasteiger partial charge on any atom is -0.356 e. The van der Waals surface area contributed by atoms with Crippen LogP contribution < -0.4 is 5.32 Å². The van der Waals surface area contributed by atoms with Gasteiger partial charge in [0.05, 0.1) is 6.04 Å². The average Bonchev–Trinajstić information content (AvgIpc) is 3.18. The predicted octanol–water partition coefficient (Wildman–Crippen LogP) is 4.02. The second kappa shape index (κ2) is 4.96. The van der Waals surface area contributed by atoms with Gasteiger partial charge in [0.25, 0.3) is 0 Å². The van der Waals surface area contributed by atoms with Crippen LogP contribution in [0.1, 0.15) is 37.1 Å². The zero-order valence-electron chi connectivity index (χ0n) is 13.1. The summed E-state index contributed by atoms with van der Waals surface area (Å²) in [5, 5.41) is 4.60. The molecule has 1 spiro atoms. The van der Waals surface area contributed by atoms with E-state index in [4.69, 9.17) is 0 Å². The van der Waals surface area contributed by atoms with Crippen LogP contribution in [-0.4, -0.2) is 22.4 Å². The van der Waals surface area contributed by atoms with Crippen molar-refractivity contribution in [2.24, 2.45) is 11.8 Å². The van der Waals surface area contributed by atoms with Crippen molar-refractivity contribution in [1.82, 2.24) is 10.3 Å². The Hall–Kier alpha value is -1.07. The van der Waals surface area contributed by atoms with Crippen molar-refractivity contribution in [2.45, 2.75) is 29.9 Å². The number of para-hydroxylation sites is 1. The number of hydrogen-bond acceptors (Lipinski definition) is 3. The monoisotopic (exact) mass is 344 g/mol. The lowest BCUT2D eigenvalue weighted by Crippen LogP contribution is -2.52. The Morgan fingerprint density at radius 2 is 2.04 bits per heavy atom. The van der Waals surface area contributed by atoms with Gasteiger partial charge in [-0.1, -0.05) is 31.5 Å². The van der Waals surface area contributed by atoms with E-state index in [1.165, 1.54) is 33.7 Å². The highest BCUT2D eigenvalue weighted by Gasteiger charge is 2.58. The van der Waals surface area contributed by atoms with Gasteiger partial charge in [0.2, 0.25) is 5.91 Å². The van der Waals surface area contributed by atoms with E-state index in [1.807, 2.05) is 0 Å². The quantitative estimate of drug-likeness (QED) is 0.821. The minimum atomic E-state index is 0.0449. The van der Waals surface area contributed by atoms with Crippen LogP contribution in [-0.2, 0) is 8.87 Å². The molecule has 2 saturated heterocycles. The zero-order chi connectivity index (χ0) is 15.6. The number of fused-ring (bicyclic) bond motifs is 8. The highest BCUT2D eigenvalue weighted by Crippen LogP contribution is 2.66. The fourth-order valence-electron chi connectivity index (χ4n) is 4.88. The molecule has 3 nitrogen and oxygen atoms in total. The van der Waals surface area contributed by atoms with Gasteiger partial charge in [-0.2, -0.15) is 0 Å². The number of amides is 1. The molecule has 120 valence electrons. The smallest absolute Gasteiger partial charge is 0.220 e. The lowest BCUT2D eigenvalue weighted by Gasteiger charge is -2.51. The lowest BCUT2D eigenvalue weighted by molar-refractivity contribution is -0.127. The number of hydrogen-bond donors (Lipinski definition) is 2. The van der Waals surface area contributed by atoms with Crippen LogP contribution in [0, 0.1) is 11.8 Å². The predicted molar refractivity (Wildman–Crippen MR) is 97.7 cm³/mol. The van der Waals surface area contributed by atoms with Gasteiger partial charge in [-0.25, -0.2) is 0 Å². The van der Waals surface area contributed by atoms with Crippen molar-refractivity contribution < 1.29 is 4.79 Å². The Morgan fingerprint density at radius 1 is 1.26 bits per heavy atom. The third-order valence-electron chi connectivity index (χ3n) is 5.75. The van der Waals surface area contributed by atoms with Crippen LogP contribution in [0.2, 0.25) is 0 Å². The molecule has 2 aliphatic heterocycles. The first-order valence-corrected chi connectivity index (χ1v) is 10.4. The Kier molecular flexibility index (Phi) is 3.08. The number of nitrogens with one attached hydrogen (secondary N) is 2. The molecule has 3 heterocycles. The maximum Gasteiger partial charge on any atom is 0.220 e. The van der Waals surface area contributed by atoms with Gasteiger partial charge >= 0.3 is 0 Å². The van der Waals surface area contributed by atoms with E-state index in [2.05, 4.69) is 65.0 Å². The topological polar surface area (TPSA) is 44.9 Å². The number of aromatic amines is 1. The molecular weight excluding hydrogens is 324 g/mol. The molecule has 5 rings (SSSR count). The zero-order valence-corrected chi connectivity index (χ0v) is 14.7. The number of rotatable bonds is 1. The first-order chi connectivity index (χ1) is 11.2. The van der Waals surface area contributed by atoms with Crippen LogP contribution in [0.15, 0.2) is 24.3 Å². The number of carbonyl (C=O) groups is 1. The third kappa shape index (κ3) is 1.78. The molecule has 1 aliphatic carbocycles. The van der Waals surface area contributed by atoms with E-state index in [-0.39, 0.29) is 16.0 Å². The summed E-state index contributed by atoms with van der Waals surface area (Å²) in [7, 11) is 0. The van der Waals surface area contributed by atoms with Gasteiger partial charge < -0.3 is 10.3 Å². The summed E-state index contributed by atoms with van der Waals surface area (Å²) in [5.41, 5.74) is 3.95. The van der Waals surface area contributed by atoms with Gasteiger partial charge in [-0.3, -0.25) is 4.79 Å². The van der Waals surface area contributed by atoms with Crippen molar-refractivity contribution in [3.8, 4) is 0 Å². The fraction of sp³-hybridized carbons (Fsp3) is 0.500. The van der Waals surface area contributed by atoms with Crippen molar-refractivity contribution in [2.75, 3.05) is 11.5 Å². The summed E-state index contributed by atoms with van der Waals surface area (Å²) in [6, 6.07) is 8.74. The number of piperidine rings is 1. The summed E-state index contributed by atoms with van der Waals surface area (Å²) in [6.45, 7) is 2.28. The second-order valence-electron chi connectivity index (χ2n) is 6.75. The molecule has 0 saturated carbocycles. The van der Waals surface area contributed by atoms with Crippen LogP contribution in [0.4, 0.5) is 0 Å². The molecule has 1 amide bonds. The Labute approximate surface area is 144 Å². The Balaban J connectivity index is 1.84. The molecule has 0 unspecified atom stereocenters. The maximum atomic E-state index is 12.4. The molecule has 3 aliphatic rings. The summed E-state index contributed by atoms with van der Waals surface area (Å²) < 4.78 is 0.0449. The van der Waals surface area contributed by atoms with Crippen LogP contribution in [0.25, 0.3) is 10.9 Å². The van der Waals surface area contributed by atoms with Crippen LogP contribution in [0.3, 0.4) is 0 Å². The SMILES string of the molecule is CC[C@@H]1[C@H]2NC(=O)C[C@@H]1C1(SCCS1)c1[nH]c3ccccc3c12. The fourth-order valence-corrected chi connectivity index (χ4v) is 8.54. The molecule has 23 heavy (non-hydrogen) atoms. The summed E-state index contributed by atoms with van der Waals surface area (Å²) >= 11 is 4.13. The summed E-state index contributed by atoms with van der Waals surface area (Å²) in [5.74, 6) is 3.56. The van der Waals surface area contributed by atoms with Gasteiger partial charge in [0.1, 0.15) is 4.08 Å². The molecule has 3 atom stereocenters. The van der Waals surface area contributed by atoms with Crippen molar-refractivity contribution in [3.05, 3.63) is 35.5 Å². The molecule has 2 N–H and O–H groups in total. The highest BCUT2D eigenvalue weighted by atomic mass is 32.2. The van der Waals surface area contributed by atoms with Crippen molar-refractivity contribution >= 4 is 40.3 Å². The molecule has 1 aromatic heterocycles. The first kappa shape index (κ1) is 14.3. The van der Waals surface area contributed by atoms with Gasteiger partial charge in [-0.05, 0) is 12.0 Å². The summed E-state index contributed by atoms with van der Waals surface area (Å²) in [6.07, 6.45) is 1.79.